The Morgan fingerprint density at radius 3 is 2.84 bits per heavy atom. The van der Waals surface area contributed by atoms with Crippen LogP contribution in [0.15, 0.2) is 29.5 Å². The summed E-state index contributed by atoms with van der Waals surface area (Å²) in [6.07, 6.45) is 11.1. The molecule has 1 saturated carbocycles. The van der Waals surface area contributed by atoms with Crippen molar-refractivity contribution >= 4 is 33.8 Å². The Labute approximate surface area is 188 Å². The topological polar surface area (TPSA) is 95.6 Å². The van der Waals surface area contributed by atoms with Crippen LogP contribution in [0.4, 0.5) is 10.7 Å². The minimum Gasteiger partial charge on any atom is -0.390 e. The second kappa shape index (κ2) is 9.78. The van der Waals surface area contributed by atoms with Gasteiger partial charge < -0.3 is 16.4 Å². The fourth-order valence-corrected chi connectivity index (χ4v) is 5.94. The van der Waals surface area contributed by atoms with E-state index in [1.807, 2.05) is 26.2 Å². The Morgan fingerprint density at radius 2 is 2.13 bits per heavy atom. The fourth-order valence-electron chi connectivity index (χ4n) is 4.78. The fraction of sp³-hybridized carbons (Fsp3) is 0.522. The summed E-state index contributed by atoms with van der Waals surface area (Å²) in [5.74, 6) is 0.947. The maximum Gasteiger partial charge on any atom is 0.238 e. The summed E-state index contributed by atoms with van der Waals surface area (Å²) in [5.41, 5.74) is 9.63. The first-order valence-corrected chi connectivity index (χ1v) is 11.9. The molecule has 31 heavy (non-hydrogen) atoms. The summed E-state index contributed by atoms with van der Waals surface area (Å²) in [5, 5.41) is 7.49. The molecule has 4 N–H and O–H groups in total. The number of nitrogens with two attached hydrogens (primary N) is 1. The molecular weight excluding hydrogens is 408 g/mol. The minimum atomic E-state index is -0.00191. The molecule has 2 aliphatic carbocycles. The molecule has 0 bridgehead atoms. The lowest BCUT2D eigenvalue weighted by Gasteiger charge is -2.35. The number of aromatic nitrogens is 1. The number of nitrogens with one attached hydrogen (secondary N) is 2. The zero-order valence-corrected chi connectivity index (χ0v) is 19.2. The molecule has 8 heteroatoms. The number of carbonyl (C=O) groups is 1. The van der Waals surface area contributed by atoms with Gasteiger partial charge in [0.15, 0.2) is 0 Å². The Hall–Kier alpha value is -2.45. The van der Waals surface area contributed by atoms with Crippen LogP contribution < -0.4 is 16.4 Å². The van der Waals surface area contributed by atoms with E-state index in [9.17, 15) is 4.79 Å². The predicted octanol–water partition coefficient (Wildman–Crippen LogP) is 3.06. The lowest BCUT2D eigenvalue weighted by atomic mass is 9.90. The molecule has 1 amide bonds. The van der Waals surface area contributed by atoms with Gasteiger partial charge in [0.05, 0.1) is 29.0 Å². The number of pyridine rings is 1. The average Bonchev–Trinajstić information content (AvgIpc) is 3.33. The number of nitrogen functional groups attached to an aromatic ring is 1. The lowest BCUT2D eigenvalue weighted by Crippen LogP contribution is -2.45. The molecule has 1 fully saturated rings. The Morgan fingerprint density at radius 1 is 1.32 bits per heavy atom. The van der Waals surface area contributed by atoms with Crippen molar-refractivity contribution in [2.24, 2.45) is 4.99 Å². The number of hydrogen-bond donors (Lipinski definition) is 3. The van der Waals surface area contributed by atoms with Crippen LogP contribution in [0.5, 0.6) is 0 Å². The van der Waals surface area contributed by atoms with Crippen LogP contribution >= 0.6 is 11.3 Å². The van der Waals surface area contributed by atoms with Crippen molar-refractivity contribution in [1.82, 2.24) is 15.2 Å². The summed E-state index contributed by atoms with van der Waals surface area (Å²) < 4.78 is 0. The summed E-state index contributed by atoms with van der Waals surface area (Å²) in [7, 11) is 3.89. The van der Waals surface area contributed by atoms with Crippen LogP contribution in [-0.4, -0.2) is 54.4 Å². The molecule has 2 heterocycles. The number of amides is 1. The molecule has 0 radical (unpaired) electrons. The third-order valence-corrected chi connectivity index (χ3v) is 7.53. The van der Waals surface area contributed by atoms with Crippen molar-refractivity contribution in [1.29, 1.82) is 0 Å². The molecule has 7 nitrogen and oxygen atoms in total. The number of fused-ring (bicyclic) bond motifs is 1. The second-order valence-corrected chi connectivity index (χ2v) is 9.66. The molecular formula is C23H32N6OS. The van der Waals surface area contributed by atoms with Crippen LogP contribution in [0.25, 0.3) is 0 Å². The van der Waals surface area contributed by atoms with Gasteiger partial charge in [-0.3, -0.25) is 19.7 Å². The van der Waals surface area contributed by atoms with Crippen LogP contribution in [0.1, 0.15) is 48.1 Å². The van der Waals surface area contributed by atoms with Crippen molar-refractivity contribution in [2.75, 3.05) is 31.7 Å². The van der Waals surface area contributed by atoms with Gasteiger partial charge in [-0.1, -0.05) is 0 Å². The van der Waals surface area contributed by atoms with Gasteiger partial charge in [-0.05, 0) is 69.7 Å². The quantitative estimate of drug-likeness (QED) is 0.474. The van der Waals surface area contributed by atoms with Crippen molar-refractivity contribution in [3.8, 4) is 0 Å². The summed E-state index contributed by atoms with van der Waals surface area (Å²) >= 11 is 1.73. The van der Waals surface area contributed by atoms with Gasteiger partial charge >= 0.3 is 0 Å². The van der Waals surface area contributed by atoms with Gasteiger partial charge in [0.25, 0.3) is 0 Å². The Kier molecular flexibility index (Phi) is 6.87. The minimum absolute atomic E-state index is 0.00191. The normalized spacial score (nSPS) is 21.2. The smallest absolute Gasteiger partial charge is 0.238 e. The SMILES string of the molecule is CN=C(NC1CCC(N(C)CC(=O)Nc2cccnc2)CC1)c1c(N)sc2c1CCC2. The van der Waals surface area contributed by atoms with Crippen LogP contribution in [0.3, 0.4) is 0 Å². The molecule has 0 unspecified atom stereocenters. The summed E-state index contributed by atoms with van der Waals surface area (Å²) in [4.78, 5) is 24.6. The molecule has 4 rings (SSSR count). The zero-order chi connectivity index (χ0) is 21.8. The van der Waals surface area contributed by atoms with Gasteiger partial charge in [0, 0.05) is 30.2 Å². The van der Waals surface area contributed by atoms with Gasteiger partial charge in [-0.15, -0.1) is 11.3 Å². The highest BCUT2D eigenvalue weighted by Crippen LogP contribution is 2.37. The monoisotopic (exact) mass is 440 g/mol. The molecule has 2 aliphatic rings. The summed E-state index contributed by atoms with van der Waals surface area (Å²) in [6, 6.07) is 4.48. The van der Waals surface area contributed by atoms with E-state index in [4.69, 9.17) is 5.73 Å². The summed E-state index contributed by atoms with van der Waals surface area (Å²) in [6.45, 7) is 0.386. The molecule has 0 aromatic carbocycles. The molecule has 2 aromatic rings. The van der Waals surface area contributed by atoms with Crippen molar-refractivity contribution in [3.63, 3.8) is 0 Å². The number of hydrogen-bond acceptors (Lipinski definition) is 6. The first-order chi connectivity index (χ1) is 15.0. The molecule has 166 valence electrons. The second-order valence-electron chi connectivity index (χ2n) is 8.52. The van der Waals surface area contributed by atoms with Gasteiger partial charge in [-0.25, -0.2) is 0 Å². The van der Waals surface area contributed by atoms with E-state index in [-0.39, 0.29) is 5.91 Å². The number of likely N-dealkylation sites (N-methyl/N-ethyl adjacent to an activating group) is 1. The van der Waals surface area contributed by atoms with E-state index in [1.165, 1.54) is 16.9 Å². The zero-order valence-electron chi connectivity index (χ0n) is 18.4. The molecule has 0 saturated heterocycles. The van der Waals surface area contributed by atoms with E-state index in [2.05, 4.69) is 25.5 Å². The molecule has 0 aliphatic heterocycles. The van der Waals surface area contributed by atoms with Crippen molar-refractivity contribution in [2.45, 2.75) is 57.0 Å². The number of thiophene rings is 1. The average molecular weight is 441 g/mol. The standard InChI is InChI=1S/C23H32N6OS/c1-25-23(21-18-6-3-7-19(18)31-22(21)24)28-15-8-10-17(11-9-15)29(2)14-20(30)27-16-5-4-12-26-13-16/h4-5,12-13,15,17H,3,6-11,14,24H2,1-2H3,(H,25,28)(H,27,30). The number of amidine groups is 1. The lowest BCUT2D eigenvalue weighted by molar-refractivity contribution is -0.117. The molecule has 2 aromatic heterocycles. The third-order valence-electron chi connectivity index (χ3n) is 6.41. The maximum absolute atomic E-state index is 12.4. The number of aliphatic imine (C=N–C) groups is 1. The first-order valence-electron chi connectivity index (χ1n) is 11.1. The van der Waals surface area contributed by atoms with Crippen LogP contribution in [-0.2, 0) is 17.6 Å². The van der Waals surface area contributed by atoms with Crippen LogP contribution in [0.2, 0.25) is 0 Å². The van der Waals surface area contributed by atoms with E-state index in [1.54, 1.807) is 23.7 Å². The Balaban J connectivity index is 1.28. The molecule has 0 spiro atoms. The number of aryl methyl sites for hydroxylation is 1. The molecule has 0 atom stereocenters. The maximum atomic E-state index is 12.4. The number of carbonyl (C=O) groups excluding carboxylic acids is 1. The third kappa shape index (κ3) is 5.07. The predicted molar refractivity (Wildman–Crippen MR) is 128 cm³/mol. The van der Waals surface area contributed by atoms with Crippen LogP contribution in [0, 0.1) is 0 Å². The van der Waals surface area contributed by atoms with E-state index < -0.39 is 0 Å². The van der Waals surface area contributed by atoms with Gasteiger partial charge in [0.1, 0.15) is 5.84 Å². The van der Waals surface area contributed by atoms with Crippen molar-refractivity contribution < 1.29 is 4.79 Å². The van der Waals surface area contributed by atoms with Crippen molar-refractivity contribution in [3.05, 3.63) is 40.5 Å². The Bertz CT molecular complexity index is 933. The largest absolute Gasteiger partial charge is 0.390 e. The number of nitrogens with zero attached hydrogens (tertiary/aromatic N) is 3. The highest BCUT2D eigenvalue weighted by Gasteiger charge is 2.28. The number of rotatable bonds is 6. The first kappa shape index (κ1) is 21.8. The highest BCUT2D eigenvalue weighted by molar-refractivity contribution is 7.16. The number of anilines is 2. The van der Waals surface area contributed by atoms with Gasteiger partial charge in [0.2, 0.25) is 5.91 Å². The van der Waals surface area contributed by atoms with E-state index in [0.717, 1.165) is 60.6 Å². The van der Waals surface area contributed by atoms with E-state index >= 15 is 0 Å². The van der Waals surface area contributed by atoms with E-state index in [0.29, 0.717) is 18.6 Å². The highest BCUT2D eigenvalue weighted by atomic mass is 32.1. The van der Waals surface area contributed by atoms with Gasteiger partial charge in [-0.2, -0.15) is 0 Å².